The average molecular weight is 516 g/mol. The number of nitrogens with one attached hydrogen (secondary N) is 1. The minimum absolute atomic E-state index is 0. The summed E-state index contributed by atoms with van der Waals surface area (Å²) in [5, 5.41) is 14.4. The predicted octanol–water partition coefficient (Wildman–Crippen LogP) is 3.95. The van der Waals surface area contributed by atoms with Crippen LogP contribution in [0.25, 0.3) is 0 Å². The van der Waals surface area contributed by atoms with Crippen LogP contribution in [0.2, 0.25) is 0 Å². The van der Waals surface area contributed by atoms with Gasteiger partial charge in [-0.05, 0) is 50.3 Å². The highest BCUT2D eigenvalue weighted by Crippen LogP contribution is 2.28. The van der Waals surface area contributed by atoms with Crippen LogP contribution in [0.3, 0.4) is 0 Å². The van der Waals surface area contributed by atoms with Crippen LogP contribution in [0.5, 0.6) is 11.5 Å². The van der Waals surface area contributed by atoms with E-state index in [0.717, 1.165) is 36.0 Å². The van der Waals surface area contributed by atoms with E-state index in [2.05, 4.69) is 17.1 Å². The summed E-state index contributed by atoms with van der Waals surface area (Å²) in [7, 11) is 3.58. The molecule has 0 unspecified atom stereocenters. The van der Waals surface area contributed by atoms with Gasteiger partial charge in [-0.25, -0.2) is 9.98 Å². The van der Waals surface area contributed by atoms with Gasteiger partial charge in [-0.2, -0.15) is 0 Å². The lowest BCUT2D eigenvalue weighted by atomic mass is 10.0. The number of aliphatic imine (C=N–C) groups is 1. The molecule has 1 aliphatic rings. The molecular formula is C20H29IN4O2S. The predicted molar refractivity (Wildman–Crippen MR) is 125 cm³/mol. The topological polar surface area (TPSA) is 70.0 Å². The first-order chi connectivity index (χ1) is 13.1. The third kappa shape index (κ3) is 5.73. The number of phenolic OH excluding ortho intramolecular Hbond substituents is 1. The van der Waals surface area contributed by atoms with E-state index in [1.54, 1.807) is 19.2 Å². The minimum atomic E-state index is 0. The van der Waals surface area contributed by atoms with Gasteiger partial charge in [0.25, 0.3) is 0 Å². The Morgan fingerprint density at radius 2 is 2.14 bits per heavy atom. The number of rotatable bonds is 6. The van der Waals surface area contributed by atoms with Crippen LogP contribution in [0.4, 0.5) is 0 Å². The zero-order chi connectivity index (χ0) is 19.2. The summed E-state index contributed by atoms with van der Waals surface area (Å²) in [6.45, 7) is 4.09. The van der Waals surface area contributed by atoms with E-state index < -0.39 is 0 Å². The van der Waals surface area contributed by atoms with Crippen molar-refractivity contribution >= 4 is 41.3 Å². The molecule has 1 aromatic carbocycles. The fraction of sp³-hybridized carbons (Fsp3) is 0.500. The maximum absolute atomic E-state index is 9.94. The van der Waals surface area contributed by atoms with Crippen LogP contribution >= 0.6 is 35.3 Å². The zero-order valence-electron chi connectivity index (χ0n) is 16.7. The SMILES string of the molecule is CCNC(=NCc1ccc(OC)c(O)c1)N(C)Cc1nc2c(s1)CCCC2.I. The summed E-state index contributed by atoms with van der Waals surface area (Å²) in [5.74, 6) is 1.44. The number of methoxy groups -OCH3 is 1. The van der Waals surface area contributed by atoms with Gasteiger partial charge in [-0.3, -0.25) is 0 Å². The number of fused-ring (bicyclic) bond motifs is 1. The first-order valence-corrected chi connectivity index (χ1v) is 10.2. The lowest BCUT2D eigenvalue weighted by Crippen LogP contribution is -2.38. The molecule has 6 nitrogen and oxygen atoms in total. The monoisotopic (exact) mass is 516 g/mol. The number of hydrogen-bond donors (Lipinski definition) is 2. The normalized spacial score (nSPS) is 13.5. The Kier molecular flexibility index (Phi) is 8.81. The number of benzene rings is 1. The van der Waals surface area contributed by atoms with Crippen LogP contribution in [-0.4, -0.2) is 41.7 Å². The highest BCUT2D eigenvalue weighted by atomic mass is 127. The van der Waals surface area contributed by atoms with Gasteiger partial charge in [0, 0.05) is 18.5 Å². The first kappa shape index (κ1) is 22.7. The van der Waals surface area contributed by atoms with E-state index >= 15 is 0 Å². The highest BCUT2D eigenvalue weighted by molar-refractivity contribution is 14.0. The van der Waals surface area contributed by atoms with E-state index in [1.807, 2.05) is 24.5 Å². The van der Waals surface area contributed by atoms with Crippen molar-refractivity contribution in [2.45, 2.75) is 45.7 Å². The Bertz CT molecular complexity index is 786. The molecule has 0 fully saturated rings. The van der Waals surface area contributed by atoms with Crippen molar-refractivity contribution in [2.75, 3.05) is 20.7 Å². The molecule has 0 radical (unpaired) electrons. The number of halogens is 1. The molecule has 1 heterocycles. The first-order valence-electron chi connectivity index (χ1n) is 9.43. The molecule has 3 rings (SSSR count). The number of ether oxygens (including phenoxy) is 1. The molecule has 0 saturated carbocycles. The Labute approximate surface area is 188 Å². The largest absolute Gasteiger partial charge is 0.504 e. The van der Waals surface area contributed by atoms with Crippen molar-refractivity contribution in [2.24, 2.45) is 4.99 Å². The van der Waals surface area contributed by atoms with Gasteiger partial charge in [0.1, 0.15) is 5.01 Å². The molecule has 0 aliphatic heterocycles. The fourth-order valence-corrected chi connectivity index (χ4v) is 4.43. The van der Waals surface area contributed by atoms with Crippen LogP contribution < -0.4 is 10.1 Å². The quantitative estimate of drug-likeness (QED) is 0.346. The maximum Gasteiger partial charge on any atom is 0.194 e. The Balaban J connectivity index is 0.00000280. The number of thiazole rings is 1. The molecule has 0 amide bonds. The Morgan fingerprint density at radius 3 is 2.82 bits per heavy atom. The second-order valence-electron chi connectivity index (χ2n) is 6.72. The number of aromatic hydroxyl groups is 1. The highest BCUT2D eigenvalue weighted by Gasteiger charge is 2.17. The van der Waals surface area contributed by atoms with Crippen molar-refractivity contribution in [1.29, 1.82) is 0 Å². The van der Waals surface area contributed by atoms with Crippen molar-refractivity contribution < 1.29 is 9.84 Å². The molecule has 0 atom stereocenters. The summed E-state index contributed by atoms with van der Waals surface area (Å²) < 4.78 is 5.09. The molecule has 154 valence electrons. The molecule has 28 heavy (non-hydrogen) atoms. The summed E-state index contributed by atoms with van der Waals surface area (Å²) >= 11 is 1.84. The number of guanidine groups is 1. The second-order valence-corrected chi connectivity index (χ2v) is 7.89. The molecule has 0 saturated heterocycles. The Hall–Kier alpha value is -1.55. The summed E-state index contributed by atoms with van der Waals surface area (Å²) in [6.07, 6.45) is 4.82. The van der Waals surface area contributed by atoms with E-state index in [-0.39, 0.29) is 29.7 Å². The van der Waals surface area contributed by atoms with Crippen molar-refractivity contribution in [3.05, 3.63) is 39.3 Å². The van der Waals surface area contributed by atoms with Crippen LogP contribution in [0.15, 0.2) is 23.2 Å². The molecule has 1 aliphatic carbocycles. The lowest BCUT2D eigenvalue weighted by molar-refractivity contribution is 0.373. The molecule has 2 N–H and O–H groups in total. The minimum Gasteiger partial charge on any atom is -0.504 e. The van der Waals surface area contributed by atoms with Crippen molar-refractivity contribution in [3.8, 4) is 11.5 Å². The molecular weight excluding hydrogens is 487 g/mol. The van der Waals surface area contributed by atoms with Crippen molar-refractivity contribution in [1.82, 2.24) is 15.2 Å². The number of hydrogen-bond acceptors (Lipinski definition) is 5. The van der Waals surface area contributed by atoms with E-state index in [9.17, 15) is 5.11 Å². The van der Waals surface area contributed by atoms with Crippen LogP contribution in [0.1, 0.15) is 40.9 Å². The third-order valence-corrected chi connectivity index (χ3v) is 5.76. The second kappa shape index (κ2) is 10.8. The molecule has 8 heteroatoms. The van der Waals surface area contributed by atoms with Crippen LogP contribution in [0, 0.1) is 0 Å². The molecule has 0 bridgehead atoms. The third-order valence-electron chi connectivity index (χ3n) is 4.61. The van der Waals surface area contributed by atoms with Gasteiger partial charge < -0.3 is 20.1 Å². The molecule has 1 aromatic heterocycles. The van der Waals surface area contributed by atoms with E-state index in [4.69, 9.17) is 14.7 Å². The van der Waals surface area contributed by atoms with Gasteiger partial charge in [0.2, 0.25) is 0 Å². The molecule has 0 spiro atoms. The molecule has 2 aromatic rings. The van der Waals surface area contributed by atoms with Crippen molar-refractivity contribution in [3.63, 3.8) is 0 Å². The van der Waals surface area contributed by atoms with Gasteiger partial charge in [0.05, 0.1) is 25.9 Å². The summed E-state index contributed by atoms with van der Waals surface area (Å²) in [4.78, 5) is 13.1. The number of aryl methyl sites for hydroxylation is 2. The van der Waals surface area contributed by atoms with Gasteiger partial charge in [-0.15, -0.1) is 35.3 Å². The van der Waals surface area contributed by atoms with E-state index in [0.29, 0.717) is 12.3 Å². The lowest BCUT2D eigenvalue weighted by Gasteiger charge is -2.21. The van der Waals surface area contributed by atoms with Crippen LogP contribution in [-0.2, 0) is 25.9 Å². The number of aromatic nitrogens is 1. The van der Waals surface area contributed by atoms with Gasteiger partial charge in [-0.1, -0.05) is 6.07 Å². The summed E-state index contributed by atoms with van der Waals surface area (Å²) in [6, 6.07) is 5.37. The number of phenols is 1. The maximum atomic E-state index is 9.94. The number of nitrogens with zero attached hydrogens (tertiary/aromatic N) is 3. The average Bonchev–Trinajstić information content (AvgIpc) is 3.07. The fourth-order valence-electron chi connectivity index (χ4n) is 3.22. The van der Waals surface area contributed by atoms with Gasteiger partial charge >= 0.3 is 0 Å². The summed E-state index contributed by atoms with van der Waals surface area (Å²) in [5.41, 5.74) is 2.23. The zero-order valence-corrected chi connectivity index (χ0v) is 19.8. The van der Waals surface area contributed by atoms with E-state index in [1.165, 1.54) is 29.8 Å². The standard InChI is InChI=1S/C20H28N4O2S.HI/c1-4-21-20(22-12-14-9-10-17(26-3)16(25)11-14)24(2)13-19-23-15-7-5-6-8-18(15)27-19;/h9-11,25H,4-8,12-13H2,1-3H3,(H,21,22);1H. The Morgan fingerprint density at radius 1 is 1.36 bits per heavy atom. The smallest absolute Gasteiger partial charge is 0.194 e. The van der Waals surface area contributed by atoms with Gasteiger partial charge in [0.15, 0.2) is 17.5 Å².